The number of aryl methyl sites for hydroxylation is 1. The molecule has 0 fully saturated rings. The molecule has 0 saturated carbocycles. The van der Waals surface area contributed by atoms with E-state index in [0.29, 0.717) is 6.61 Å². The van der Waals surface area contributed by atoms with Gasteiger partial charge in [0.1, 0.15) is 11.3 Å². The third kappa shape index (κ3) is 3.46. The van der Waals surface area contributed by atoms with E-state index in [1.54, 1.807) is 12.5 Å². The van der Waals surface area contributed by atoms with Crippen molar-refractivity contribution in [3.8, 4) is 5.75 Å². The van der Waals surface area contributed by atoms with Gasteiger partial charge in [-0.2, -0.15) is 0 Å². The van der Waals surface area contributed by atoms with Crippen LogP contribution in [0.1, 0.15) is 17.5 Å². The van der Waals surface area contributed by atoms with E-state index >= 15 is 0 Å². The van der Waals surface area contributed by atoms with Crippen LogP contribution >= 0.6 is 0 Å². The molecule has 4 nitrogen and oxygen atoms in total. The number of nitrogens with zero attached hydrogens (tertiary/aromatic N) is 1. The van der Waals surface area contributed by atoms with Crippen molar-refractivity contribution < 1.29 is 9.15 Å². The molecule has 1 N–H and O–H groups in total. The molecule has 0 aliphatic carbocycles. The molecular formula is C18H20N2O2. The van der Waals surface area contributed by atoms with Crippen LogP contribution in [-0.2, 0) is 6.54 Å². The van der Waals surface area contributed by atoms with Gasteiger partial charge in [0.15, 0.2) is 0 Å². The van der Waals surface area contributed by atoms with E-state index in [9.17, 15) is 0 Å². The quantitative estimate of drug-likeness (QED) is 0.675. The first-order chi connectivity index (χ1) is 10.8. The van der Waals surface area contributed by atoms with Crippen molar-refractivity contribution in [2.24, 2.45) is 0 Å². The van der Waals surface area contributed by atoms with Gasteiger partial charge in [0.2, 0.25) is 0 Å². The molecule has 0 aliphatic rings. The number of hydrogen-bond donors (Lipinski definition) is 1. The van der Waals surface area contributed by atoms with Crippen LogP contribution in [0.4, 0.5) is 0 Å². The average Bonchev–Trinajstić information content (AvgIpc) is 2.94. The van der Waals surface area contributed by atoms with Crippen LogP contribution < -0.4 is 10.1 Å². The smallest absolute Gasteiger partial charge is 0.137 e. The highest BCUT2D eigenvalue weighted by Crippen LogP contribution is 2.29. The zero-order valence-electron chi connectivity index (χ0n) is 12.7. The van der Waals surface area contributed by atoms with Gasteiger partial charge >= 0.3 is 0 Å². The maximum Gasteiger partial charge on any atom is 0.137 e. The highest BCUT2D eigenvalue weighted by Gasteiger charge is 2.07. The molecule has 22 heavy (non-hydrogen) atoms. The third-order valence-electron chi connectivity index (χ3n) is 3.55. The summed E-state index contributed by atoms with van der Waals surface area (Å²) < 4.78 is 11.4. The van der Waals surface area contributed by atoms with E-state index in [2.05, 4.69) is 16.4 Å². The van der Waals surface area contributed by atoms with Crippen LogP contribution in [0.3, 0.4) is 0 Å². The van der Waals surface area contributed by atoms with Gasteiger partial charge < -0.3 is 14.5 Å². The lowest BCUT2D eigenvalue weighted by Crippen LogP contribution is -2.17. The highest BCUT2D eigenvalue weighted by molar-refractivity contribution is 5.87. The molecule has 3 aromatic rings. The fourth-order valence-electron chi connectivity index (χ4n) is 2.44. The van der Waals surface area contributed by atoms with Gasteiger partial charge in [0.25, 0.3) is 0 Å². The van der Waals surface area contributed by atoms with E-state index in [0.717, 1.165) is 41.8 Å². The number of aromatic nitrogens is 1. The van der Waals surface area contributed by atoms with Gasteiger partial charge in [0.05, 0.1) is 18.3 Å². The molecule has 0 amide bonds. The van der Waals surface area contributed by atoms with Crippen LogP contribution in [0.15, 0.2) is 53.4 Å². The Morgan fingerprint density at radius 1 is 1.23 bits per heavy atom. The summed E-state index contributed by atoms with van der Waals surface area (Å²) in [7, 11) is 0. The van der Waals surface area contributed by atoms with E-state index in [1.807, 2.05) is 37.4 Å². The summed E-state index contributed by atoms with van der Waals surface area (Å²) in [5, 5.41) is 4.47. The summed E-state index contributed by atoms with van der Waals surface area (Å²) in [6.45, 7) is 4.47. The van der Waals surface area contributed by atoms with Gasteiger partial charge in [-0.3, -0.25) is 4.98 Å². The Labute approximate surface area is 130 Å². The monoisotopic (exact) mass is 296 g/mol. The number of rotatable bonds is 7. The van der Waals surface area contributed by atoms with Crippen LogP contribution in [-0.4, -0.2) is 18.1 Å². The minimum absolute atomic E-state index is 0.684. The molecule has 0 saturated heterocycles. The first kappa shape index (κ1) is 14.6. The van der Waals surface area contributed by atoms with E-state index in [-0.39, 0.29) is 0 Å². The molecule has 0 aliphatic heterocycles. The van der Waals surface area contributed by atoms with Gasteiger partial charge in [0, 0.05) is 18.9 Å². The van der Waals surface area contributed by atoms with Crippen molar-refractivity contribution in [2.75, 3.05) is 13.2 Å². The van der Waals surface area contributed by atoms with Gasteiger partial charge in [-0.1, -0.05) is 12.1 Å². The number of hydrogen-bond acceptors (Lipinski definition) is 4. The van der Waals surface area contributed by atoms with Crippen molar-refractivity contribution in [3.63, 3.8) is 0 Å². The topological polar surface area (TPSA) is 47.3 Å². The molecule has 0 atom stereocenters. The molecule has 3 rings (SSSR count). The van der Waals surface area contributed by atoms with Crippen LogP contribution in [0.25, 0.3) is 11.0 Å². The number of benzene rings is 1. The van der Waals surface area contributed by atoms with Crippen LogP contribution in [0.2, 0.25) is 0 Å². The van der Waals surface area contributed by atoms with Gasteiger partial charge in [-0.15, -0.1) is 0 Å². The maximum atomic E-state index is 5.90. The minimum Gasteiger partial charge on any atom is -0.493 e. The summed E-state index contributed by atoms with van der Waals surface area (Å²) in [6.07, 6.45) is 6.39. The van der Waals surface area contributed by atoms with E-state index in [1.165, 1.54) is 5.56 Å². The number of ether oxygens (including phenoxy) is 1. The van der Waals surface area contributed by atoms with Gasteiger partial charge in [-0.05, 0) is 49.2 Å². The SMILES string of the molecule is Cc1coc2cccc(OCCCNCc3cccnc3)c12. The predicted octanol–water partition coefficient (Wildman–Crippen LogP) is 3.69. The van der Waals surface area contributed by atoms with E-state index in [4.69, 9.17) is 9.15 Å². The molecule has 2 heterocycles. The Kier molecular flexibility index (Phi) is 4.71. The molecule has 0 unspecified atom stereocenters. The lowest BCUT2D eigenvalue weighted by atomic mass is 10.2. The Bertz CT molecular complexity index is 722. The second-order valence-corrected chi connectivity index (χ2v) is 5.29. The Balaban J connectivity index is 1.44. The molecule has 114 valence electrons. The molecule has 1 aromatic carbocycles. The summed E-state index contributed by atoms with van der Waals surface area (Å²) >= 11 is 0. The standard InChI is InChI=1S/C18H20N2O2/c1-14-13-22-17-7-2-6-16(18(14)17)21-10-4-9-20-12-15-5-3-8-19-11-15/h2-3,5-8,11,13,20H,4,9-10,12H2,1H3. The first-order valence-electron chi connectivity index (χ1n) is 7.54. The largest absolute Gasteiger partial charge is 0.493 e. The summed E-state index contributed by atoms with van der Waals surface area (Å²) in [4.78, 5) is 4.10. The number of nitrogens with one attached hydrogen (secondary N) is 1. The zero-order valence-corrected chi connectivity index (χ0v) is 12.7. The molecular weight excluding hydrogens is 276 g/mol. The maximum absolute atomic E-state index is 5.90. The fraction of sp³-hybridized carbons (Fsp3) is 0.278. The van der Waals surface area contributed by atoms with Crippen molar-refractivity contribution >= 4 is 11.0 Å². The number of pyridine rings is 1. The molecule has 0 radical (unpaired) electrons. The Morgan fingerprint density at radius 3 is 3.05 bits per heavy atom. The normalized spacial score (nSPS) is 11.0. The zero-order chi connectivity index (χ0) is 15.2. The third-order valence-corrected chi connectivity index (χ3v) is 3.55. The molecule has 4 heteroatoms. The minimum atomic E-state index is 0.684. The van der Waals surface area contributed by atoms with E-state index < -0.39 is 0 Å². The second kappa shape index (κ2) is 7.09. The number of fused-ring (bicyclic) bond motifs is 1. The summed E-state index contributed by atoms with van der Waals surface area (Å²) in [5.41, 5.74) is 3.19. The van der Waals surface area contributed by atoms with Crippen molar-refractivity contribution in [3.05, 3.63) is 60.1 Å². The van der Waals surface area contributed by atoms with Crippen molar-refractivity contribution in [1.29, 1.82) is 0 Å². The second-order valence-electron chi connectivity index (χ2n) is 5.29. The summed E-state index contributed by atoms with van der Waals surface area (Å²) in [6, 6.07) is 9.94. The lowest BCUT2D eigenvalue weighted by Gasteiger charge is -2.08. The van der Waals surface area contributed by atoms with Crippen LogP contribution in [0.5, 0.6) is 5.75 Å². The lowest BCUT2D eigenvalue weighted by molar-refractivity contribution is 0.311. The first-order valence-corrected chi connectivity index (χ1v) is 7.54. The average molecular weight is 296 g/mol. The highest BCUT2D eigenvalue weighted by atomic mass is 16.5. The van der Waals surface area contributed by atoms with Gasteiger partial charge in [-0.25, -0.2) is 0 Å². The van der Waals surface area contributed by atoms with Crippen molar-refractivity contribution in [2.45, 2.75) is 19.9 Å². The summed E-state index contributed by atoms with van der Waals surface area (Å²) in [5.74, 6) is 0.899. The molecule has 0 spiro atoms. The number of furan rings is 1. The van der Waals surface area contributed by atoms with Crippen LogP contribution in [0, 0.1) is 6.92 Å². The Morgan fingerprint density at radius 2 is 2.18 bits per heavy atom. The molecule has 0 bridgehead atoms. The predicted molar refractivity (Wildman–Crippen MR) is 87.0 cm³/mol. The Hall–Kier alpha value is -2.33. The molecule has 2 aromatic heterocycles. The van der Waals surface area contributed by atoms with Crippen molar-refractivity contribution in [1.82, 2.24) is 10.3 Å². The fourth-order valence-corrected chi connectivity index (χ4v) is 2.44.